The van der Waals surface area contributed by atoms with E-state index in [-0.39, 0.29) is 18.0 Å². The lowest BCUT2D eigenvalue weighted by atomic mass is 10.0. The Morgan fingerprint density at radius 2 is 2.04 bits per heavy atom. The van der Waals surface area contributed by atoms with Crippen molar-refractivity contribution < 1.29 is 18.4 Å². The molecule has 1 aliphatic rings. The van der Waals surface area contributed by atoms with Gasteiger partial charge in [-0.05, 0) is 31.2 Å². The molecule has 4 rings (SSSR count). The van der Waals surface area contributed by atoms with Crippen LogP contribution in [0.4, 0.5) is 10.1 Å². The van der Waals surface area contributed by atoms with Crippen LogP contribution in [0, 0.1) is 12.7 Å². The number of para-hydroxylation sites is 1. The normalized spacial score (nSPS) is 12.1. The van der Waals surface area contributed by atoms with Gasteiger partial charge in [-0.3, -0.25) is 4.79 Å². The van der Waals surface area contributed by atoms with Gasteiger partial charge in [0.25, 0.3) is 5.91 Å². The number of ether oxygens (including phenoxy) is 1. The zero-order valence-electron chi connectivity index (χ0n) is 13.7. The van der Waals surface area contributed by atoms with Crippen LogP contribution in [-0.4, -0.2) is 18.1 Å². The SMILES string of the molecule is Cc1ccc2c(c1)-c1onc(C(=O)N(C)c3ccccc3F)c1CO2. The van der Waals surface area contributed by atoms with Gasteiger partial charge in [0.15, 0.2) is 11.5 Å². The number of hydrogen-bond donors (Lipinski definition) is 0. The molecule has 0 aliphatic carbocycles. The second kappa shape index (κ2) is 5.73. The average molecular weight is 338 g/mol. The van der Waals surface area contributed by atoms with Crippen LogP contribution in [0.2, 0.25) is 0 Å². The van der Waals surface area contributed by atoms with Crippen molar-refractivity contribution in [1.82, 2.24) is 5.16 Å². The highest BCUT2D eigenvalue weighted by atomic mass is 19.1. The van der Waals surface area contributed by atoms with Gasteiger partial charge in [-0.1, -0.05) is 28.9 Å². The van der Waals surface area contributed by atoms with Crippen LogP contribution in [0.1, 0.15) is 21.6 Å². The fourth-order valence-electron chi connectivity index (χ4n) is 2.91. The fourth-order valence-corrected chi connectivity index (χ4v) is 2.91. The number of hydrogen-bond acceptors (Lipinski definition) is 4. The molecule has 2 heterocycles. The van der Waals surface area contributed by atoms with Crippen molar-refractivity contribution in [3.05, 3.63) is 65.1 Å². The van der Waals surface area contributed by atoms with E-state index in [1.54, 1.807) is 12.1 Å². The molecule has 1 aromatic heterocycles. The summed E-state index contributed by atoms with van der Waals surface area (Å²) in [6, 6.07) is 11.8. The molecule has 0 atom stereocenters. The summed E-state index contributed by atoms with van der Waals surface area (Å²) < 4.78 is 25.1. The lowest BCUT2D eigenvalue weighted by Gasteiger charge is -2.19. The quantitative estimate of drug-likeness (QED) is 0.710. The van der Waals surface area contributed by atoms with Crippen molar-refractivity contribution in [3.8, 4) is 17.1 Å². The number of fused-ring (bicyclic) bond motifs is 3. The van der Waals surface area contributed by atoms with Crippen molar-refractivity contribution >= 4 is 11.6 Å². The van der Waals surface area contributed by atoms with Crippen LogP contribution in [0.3, 0.4) is 0 Å². The highest BCUT2D eigenvalue weighted by Crippen LogP contribution is 2.39. The lowest BCUT2D eigenvalue weighted by molar-refractivity contribution is 0.0981. The molecule has 0 bridgehead atoms. The molecule has 0 spiro atoms. The Kier molecular flexibility index (Phi) is 3.53. The van der Waals surface area contributed by atoms with Crippen molar-refractivity contribution in [2.75, 3.05) is 11.9 Å². The molecule has 25 heavy (non-hydrogen) atoms. The Morgan fingerprint density at radius 1 is 1.24 bits per heavy atom. The maximum atomic E-state index is 14.0. The summed E-state index contributed by atoms with van der Waals surface area (Å²) in [6.45, 7) is 2.14. The zero-order valence-corrected chi connectivity index (χ0v) is 13.7. The van der Waals surface area contributed by atoms with E-state index in [0.717, 1.165) is 11.1 Å². The van der Waals surface area contributed by atoms with E-state index in [1.807, 2.05) is 25.1 Å². The minimum atomic E-state index is -0.479. The number of halogens is 1. The standard InChI is InChI=1S/C19H15FN2O3/c1-11-7-8-16-12(9-11)18-13(10-24-16)17(21-25-18)19(23)22(2)15-6-4-3-5-14(15)20/h3-9H,10H2,1-2H3. The minimum absolute atomic E-state index is 0.132. The van der Waals surface area contributed by atoms with E-state index in [2.05, 4.69) is 5.16 Å². The zero-order chi connectivity index (χ0) is 17.6. The smallest absolute Gasteiger partial charge is 0.280 e. The molecule has 0 radical (unpaired) electrons. The monoisotopic (exact) mass is 338 g/mol. The van der Waals surface area contributed by atoms with Gasteiger partial charge in [-0.2, -0.15) is 0 Å². The van der Waals surface area contributed by atoms with E-state index in [1.165, 1.54) is 24.1 Å². The first-order chi connectivity index (χ1) is 12.1. The number of carbonyl (C=O) groups is 1. The van der Waals surface area contributed by atoms with Gasteiger partial charge in [0.05, 0.1) is 16.8 Å². The van der Waals surface area contributed by atoms with Crippen LogP contribution in [0.5, 0.6) is 5.75 Å². The highest BCUT2D eigenvalue weighted by molar-refractivity contribution is 6.06. The molecule has 6 heteroatoms. The van der Waals surface area contributed by atoms with Gasteiger partial charge in [0.2, 0.25) is 0 Å². The van der Waals surface area contributed by atoms with Crippen LogP contribution in [0.25, 0.3) is 11.3 Å². The van der Waals surface area contributed by atoms with Crippen LogP contribution in [0.15, 0.2) is 47.0 Å². The number of amides is 1. The Hall–Kier alpha value is -3.15. The largest absolute Gasteiger partial charge is 0.488 e. The van der Waals surface area contributed by atoms with Gasteiger partial charge in [0.1, 0.15) is 18.2 Å². The van der Waals surface area contributed by atoms with Gasteiger partial charge in [-0.25, -0.2) is 4.39 Å². The molecule has 126 valence electrons. The summed E-state index contributed by atoms with van der Waals surface area (Å²) in [5, 5.41) is 3.93. The number of nitrogens with zero attached hydrogens (tertiary/aromatic N) is 2. The van der Waals surface area contributed by atoms with Crippen molar-refractivity contribution in [3.63, 3.8) is 0 Å². The molecule has 2 aromatic carbocycles. The summed E-state index contributed by atoms with van der Waals surface area (Å²) in [4.78, 5) is 14.0. The van der Waals surface area contributed by atoms with Crippen molar-refractivity contribution in [2.24, 2.45) is 0 Å². The molecule has 3 aromatic rings. The Bertz CT molecular complexity index is 981. The molecule has 1 aliphatic heterocycles. The second-order valence-electron chi connectivity index (χ2n) is 5.94. The summed E-state index contributed by atoms with van der Waals surface area (Å²) in [7, 11) is 1.50. The second-order valence-corrected chi connectivity index (χ2v) is 5.94. The molecule has 1 amide bonds. The Labute approximate surface area is 143 Å². The Balaban J connectivity index is 1.74. The molecule has 0 unspecified atom stereocenters. The molecule has 5 nitrogen and oxygen atoms in total. The van der Waals surface area contributed by atoms with E-state index >= 15 is 0 Å². The lowest BCUT2D eigenvalue weighted by Crippen LogP contribution is -2.28. The van der Waals surface area contributed by atoms with Gasteiger partial charge in [0, 0.05) is 7.05 Å². The van der Waals surface area contributed by atoms with Gasteiger partial charge >= 0.3 is 0 Å². The van der Waals surface area contributed by atoms with Crippen LogP contribution >= 0.6 is 0 Å². The predicted molar refractivity (Wildman–Crippen MR) is 90.1 cm³/mol. The van der Waals surface area contributed by atoms with Crippen LogP contribution in [-0.2, 0) is 6.61 Å². The molecule has 0 saturated carbocycles. The number of benzene rings is 2. The van der Waals surface area contributed by atoms with E-state index in [9.17, 15) is 9.18 Å². The number of carbonyl (C=O) groups excluding carboxylic acids is 1. The molecular weight excluding hydrogens is 323 g/mol. The predicted octanol–water partition coefficient (Wildman–Crippen LogP) is 3.96. The van der Waals surface area contributed by atoms with Gasteiger partial charge in [-0.15, -0.1) is 0 Å². The number of rotatable bonds is 2. The van der Waals surface area contributed by atoms with E-state index < -0.39 is 11.7 Å². The molecule has 0 saturated heterocycles. The third kappa shape index (κ3) is 2.46. The topological polar surface area (TPSA) is 55.6 Å². The Morgan fingerprint density at radius 3 is 2.84 bits per heavy atom. The summed E-state index contributed by atoms with van der Waals surface area (Å²) in [5.74, 6) is 0.286. The van der Waals surface area contributed by atoms with Crippen molar-refractivity contribution in [2.45, 2.75) is 13.5 Å². The fraction of sp³-hybridized carbons (Fsp3) is 0.158. The van der Waals surface area contributed by atoms with Crippen LogP contribution < -0.4 is 9.64 Å². The summed E-state index contributed by atoms with van der Waals surface area (Å²) in [5.41, 5.74) is 2.70. The van der Waals surface area contributed by atoms with Gasteiger partial charge < -0.3 is 14.2 Å². The highest BCUT2D eigenvalue weighted by Gasteiger charge is 2.31. The number of anilines is 1. The first-order valence-electron chi connectivity index (χ1n) is 7.81. The minimum Gasteiger partial charge on any atom is -0.488 e. The average Bonchev–Trinajstić information content (AvgIpc) is 3.05. The third-order valence-electron chi connectivity index (χ3n) is 4.26. The summed E-state index contributed by atoms with van der Waals surface area (Å²) in [6.07, 6.45) is 0. The van der Waals surface area contributed by atoms with E-state index in [0.29, 0.717) is 17.1 Å². The number of aryl methyl sites for hydroxylation is 1. The molecule has 0 N–H and O–H groups in total. The number of aromatic nitrogens is 1. The first kappa shape index (κ1) is 15.4. The third-order valence-corrected chi connectivity index (χ3v) is 4.26. The maximum absolute atomic E-state index is 14.0. The van der Waals surface area contributed by atoms with Crippen molar-refractivity contribution in [1.29, 1.82) is 0 Å². The van der Waals surface area contributed by atoms with E-state index in [4.69, 9.17) is 9.26 Å². The molecular formula is C19H15FN2O3. The summed E-state index contributed by atoms with van der Waals surface area (Å²) >= 11 is 0. The first-order valence-corrected chi connectivity index (χ1v) is 7.81. The molecule has 0 fully saturated rings. The maximum Gasteiger partial charge on any atom is 0.280 e.